The van der Waals surface area contributed by atoms with Crippen LogP contribution in [0.15, 0.2) is 11.3 Å². The first-order valence-electron chi connectivity index (χ1n) is 5.33. The zero-order valence-electron chi connectivity index (χ0n) is 9.01. The van der Waals surface area contributed by atoms with Gasteiger partial charge in [0.25, 0.3) is 0 Å². The second-order valence-corrected chi connectivity index (χ2v) is 3.42. The molecule has 0 aromatic carbocycles. The van der Waals surface area contributed by atoms with Gasteiger partial charge in [-0.3, -0.25) is 0 Å². The van der Waals surface area contributed by atoms with E-state index < -0.39 is 5.97 Å². The van der Waals surface area contributed by atoms with Gasteiger partial charge in [0.15, 0.2) is 5.57 Å². The van der Waals surface area contributed by atoms with Crippen molar-refractivity contribution in [3.05, 3.63) is 11.3 Å². The summed E-state index contributed by atoms with van der Waals surface area (Å²) in [6.45, 7) is 2.87. The molecule has 0 aromatic rings. The van der Waals surface area contributed by atoms with Crippen LogP contribution < -0.4 is 5.32 Å². The number of rotatable bonds is 2. The van der Waals surface area contributed by atoms with Gasteiger partial charge >= 0.3 is 5.97 Å². The number of carbonyl (C=O) groups is 1. The molecule has 0 bridgehead atoms. The number of nitrogens with one attached hydrogen (secondary N) is 1. The maximum absolute atomic E-state index is 11.4. The summed E-state index contributed by atoms with van der Waals surface area (Å²) in [5.41, 5.74) is 0.882. The maximum atomic E-state index is 11.4. The fourth-order valence-corrected chi connectivity index (χ4v) is 1.58. The van der Waals surface area contributed by atoms with Crippen LogP contribution in [0.25, 0.3) is 0 Å². The number of carbonyl (C=O) groups excluding carboxylic acids is 1. The lowest BCUT2D eigenvalue weighted by molar-refractivity contribution is -0.138. The lowest BCUT2D eigenvalue weighted by atomic mass is 10.1. The van der Waals surface area contributed by atoms with E-state index in [1.54, 1.807) is 6.92 Å². The lowest BCUT2D eigenvalue weighted by Crippen LogP contribution is -2.18. The molecule has 0 spiro atoms. The van der Waals surface area contributed by atoms with E-state index >= 15 is 0 Å². The van der Waals surface area contributed by atoms with Crippen LogP contribution in [0, 0.1) is 11.3 Å². The molecule has 1 aliphatic rings. The van der Waals surface area contributed by atoms with Crippen molar-refractivity contribution < 1.29 is 9.53 Å². The molecular weight excluding hydrogens is 192 g/mol. The molecule has 4 heteroatoms. The van der Waals surface area contributed by atoms with Crippen LogP contribution in [0.1, 0.15) is 32.6 Å². The molecule has 1 N–H and O–H groups in total. The number of hydrogen-bond donors (Lipinski definition) is 1. The molecule has 15 heavy (non-hydrogen) atoms. The molecular formula is C11H16N2O2. The van der Waals surface area contributed by atoms with Crippen LogP contribution in [0.5, 0.6) is 0 Å². The van der Waals surface area contributed by atoms with E-state index in [2.05, 4.69) is 5.32 Å². The first-order chi connectivity index (χ1) is 7.29. The highest BCUT2D eigenvalue weighted by molar-refractivity contribution is 5.93. The highest BCUT2D eigenvalue weighted by atomic mass is 16.5. The Hall–Kier alpha value is -1.50. The summed E-state index contributed by atoms with van der Waals surface area (Å²) in [6.07, 6.45) is 4.01. The number of hydrogen-bond acceptors (Lipinski definition) is 4. The van der Waals surface area contributed by atoms with Crippen molar-refractivity contribution in [2.75, 3.05) is 13.2 Å². The summed E-state index contributed by atoms with van der Waals surface area (Å²) in [5.74, 6) is -0.510. The Morgan fingerprint density at radius 1 is 1.53 bits per heavy atom. The summed E-state index contributed by atoms with van der Waals surface area (Å²) in [5, 5.41) is 12.0. The van der Waals surface area contributed by atoms with Crippen molar-refractivity contribution in [3.8, 4) is 6.07 Å². The Kier molecular flexibility index (Phi) is 4.69. The van der Waals surface area contributed by atoms with Gasteiger partial charge in [-0.2, -0.15) is 5.26 Å². The molecule has 1 aliphatic heterocycles. The van der Waals surface area contributed by atoms with Gasteiger partial charge in [-0.05, 0) is 26.2 Å². The van der Waals surface area contributed by atoms with Crippen LogP contribution in [0.4, 0.5) is 0 Å². The van der Waals surface area contributed by atoms with E-state index in [-0.39, 0.29) is 5.57 Å². The lowest BCUT2D eigenvalue weighted by Gasteiger charge is -2.08. The largest absolute Gasteiger partial charge is 0.462 e. The Labute approximate surface area is 89.9 Å². The minimum absolute atomic E-state index is 0.138. The van der Waals surface area contributed by atoms with Gasteiger partial charge in [-0.15, -0.1) is 0 Å². The molecule has 1 saturated heterocycles. The van der Waals surface area contributed by atoms with Crippen molar-refractivity contribution in [2.24, 2.45) is 0 Å². The number of nitriles is 1. The van der Waals surface area contributed by atoms with Crippen LogP contribution in [0.3, 0.4) is 0 Å². The normalized spacial score (nSPS) is 19.5. The van der Waals surface area contributed by atoms with Gasteiger partial charge < -0.3 is 10.1 Å². The molecule has 0 aliphatic carbocycles. The second-order valence-electron chi connectivity index (χ2n) is 3.42. The van der Waals surface area contributed by atoms with E-state index in [9.17, 15) is 4.79 Å². The molecule has 4 nitrogen and oxygen atoms in total. The maximum Gasteiger partial charge on any atom is 0.350 e. The number of esters is 1. The molecule has 0 amide bonds. The number of ether oxygens (including phenoxy) is 1. The molecule has 0 unspecified atom stereocenters. The van der Waals surface area contributed by atoms with E-state index in [1.807, 2.05) is 6.07 Å². The quantitative estimate of drug-likeness (QED) is 0.424. The molecule has 1 fully saturated rings. The molecule has 82 valence electrons. The number of allylic oxidation sites excluding steroid dienone is 1. The van der Waals surface area contributed by atoms with E-state index in [0.29, 0.717) is 6.61 Å². The average molecular weight is 208 g/mol. The molecule has 0 radical (unpaired) electrons. The Balaban J connectivity index is 2.81. The summed E-state index contributed by atoms with van der Waals surface area (Å²) < 4.78 is 4.83. The third-order valence-corrected chi connectivity index (χ3v) is 2.34. The van der Waals surface area contributed by atoms with Crippen LogP contribution in [-0.4, -0.2) is 19.1 Å². The van der Waals surface area contributed by atoms with Gasteiger partial charge in [-0.1, -0.05) is 6.42 Å². The van der Waals surface area contributed by atoms with Gasteiger partial charge in [0.2, 0.25) is 0 Å². The van der Waals surface area contributed by atoms with Crippen molar-refractivity contribution in [1.29, 1.82) is 5.26 Å². The standard InChI is InChI=1S/C11H16N2O2/c1-2-15-11(14)9(8-12)10-6-4-3-5-7-13-10/h13H,2-7H2,1H3. The molecule has 0 atom stereocenters. The summed E-state index contributed by atoms with van der Waals surface area (Å²) in [4.78, 5) is 11.4. The van der Waals surface area contributed by atoms with E-state index in [4.69, 9.17) is 10.00 Å². The van der Waals surface area contributed by atoms with E-state index in [0.717, 1.165) is 37.9 Å². The van der Waals surface area contributed by atoms with Crippen LogP contribution in [-0.2, 0) is 9.53 Å². The number of nitrogens with zero attached hydrogens (tertiary/aromatic N) is 1. The minimum Gasteiger partial charge on any atom is -0.462 e. The zero-order valence-corrected chi connectivity index (χ0v) is 9.01. The summed E-state index contributed by atoms with van der Waals surface area (Å²) >= 11 is 0. The molecule has 1 rings (SSSR count). The van der Waals surface area contributed by atoms with Gasteiger partial charge in [0, 0.05) is 12.2 Å². The molecule has 1 heterocycles. The predicted molar refractivity (Wildman–Crippen MR) is 55.7 cm³/mol. The van der Waals surface area contributed by atoms with Gasteiger partial charge in [0.05, 0.1) is 6.61 Å². The Morgan fingerprint density at radius 2 is 2.33 bits per heavy atom. The fourth-order valence-electron chi connectivity index (χ4n) is 1.58. The van der Waals surface area contributed by atoms with Crippen LogP contribution >= 0.6 is 0 Å². The minimum atomic E-state index is -0.510. The highest BCUT2D eigenvalue weighted by Gasteiger charge is 2.17. The monoisotopic (exact) mass is 208 g/mol. The molecule has 0 aromatic heterocycles. The van der Waals surface area contributed by atoms with Crippen molar-refractivity contribution in [3.63, 3.8) is 0 Å². The fraction of sp³-hybridized carbons (Fsp3) is 0.636. The predicted octanol–water partition coefficient (Wildman–Crippen LogP) is 1.49. The first-order valence-corrected chi connectivity index (χ1v) is 5.33. The Bertz CT molecular complexity index is 292. The summed E-state index contributed by atoms with van der Waals surface area (Å²) in [7, 11) is 0. The SMILES string of the molecule is CCOC(=O)C(C#N)=C1CCCCCN1. The average Bonchev–Trinajstić information content (AvgIpc) is 2.48. The van der Waals surface area contributed by atoms with Crippen LogP contribution in [0.2, 0.25) is 0 Å². The van der Waals surface area contributed by atoms with E-state index in [1.165, 1.54) is 0 Å². The molecule has 0 saturated carbocycles. The third-order valence-electron chi connectivity index (χ3n) is 2.34. The first kappa shape index (κ1) is 11.6. The highest BCUT2D eigenvalue weighted by Crippen LogP contribution is 2.15. The third kappa shape index (κ3) is 3.28. The topological polar surface area (TPSA) is 62.1 Å². The smallest absolute Gasteiger partial charge is 0.350 e. The zero-order chi connectivity index (χ0) is 11.1. The van der Waals surface area contributed by atoms with Crippen molar-refractivity contribution in [2.45, 2.75) is 32.6 Å². The van der Waals surface area contributed by atoms with Crippen molar-refractivity contribution >= 4 is 5.97 Å². The Morgan fingerprint density at radius 3 is 3.00 bits per heavy atom. The van der Waals surface area contributed by atoms with Crippen molar-refractivity contribution in [1.82, 2.24) is 5.32 Å². The summed E-state index contributed by atoms with van der Waals surface area (Å²) in [6, 6.07) is 1.93. The van der Waals surface area contributed by atoms with Gasteiger partial charge in [0.1, 0.15) is 6.07 Å². The van der Waals surface area contributed by atoms with Gasteiger partial charge in [-0.25, -0.2) is 4.79 Å². The second kappa shape index (κ2) is 6.07.